The molecule has 0 radical (unpaired) electrons. The summed E-state index contributed by atoms with van der Waals surface area (Å²) in [5.74, 6) is 1.58. The quantitative estimate of drug-likeness (QED) is 0.648. The molecule has 130 valence electrons. The number of rotatable bonds is 2. The lowest BCUT2D eigenvalue weighted by Gasteiger charge is -2.55. The summed E-state index contributed by atoms with van der Waals surface area (Å²) < 4.78 is 5.90. The van der Waals surface area contributed by atoms with E-state index in [1.54, 1.807) is 0 Å². The number of hydrogen-bond acceptors (Lipinski definition) is 2. The summed E-state index contributed by atoms with van der Waals surface area (Å²) >= 11 is 0. The highest BCUT2D eigenvalue weighted by Crippen LogP contribution is 2.52. The largest absolute Gasteiger partial charge is 0.377 e. The van der Waals surface area contributed by atoms with E-state index < -0.39 is 0 Å². The predicted molar refractivity (Wildman–Crippen MR) is 97.3 cm³/mol. The van der Waals surface area contributed by atoms with Gasteiger partial charge in [-0.15, -0.1) is 0 Å². The van der Waals surface area contributed by atoms with Gasteiger partial charge in [-0.05, 0) is 36.8 Å². The third-order valence-corrected chi connectivity index (χ3v) is 6.30. The van der Waals surface area contributed by atoms with E-state index in [-0.39, 0.29) is 5.41 Å². The smallest absolute Gasteiger partial charge is 0.191 e. The fraction of sp³-hybridized carbons (Fsp3) is 0.650. The van der Waals surface area contributed by atoms with Crippen molar-refractivity contribution in [1.82, 2.24) is 10.6 Å². The Morgan fingerprint density at radius 2 is 1.96 bits per heavy atom. The first-order valence-electron chi connectivity index (χ1n) is 9.28. The first kappa shape index (κ1) is 15.9. The molecule has 4 unspecified atom stereocenters. The Morgan fingerprint density at radius 1 is 1.17 bits per heavy atom. The van der Waals surface area contributed by atoms with Crippen LogP contribution in [0, 0.1) is 11.3 Å². The first-order valence-corrected chi connectivity index (χ1v) is 9.28. The molecule has 3 aliphatic rings. The van der Waals surface area contributed by atoms with Crippen LogP contribution in [0.25, 0.3) is 0 Å². The zero-order chi connectivity index (χ0) is 16.7. The number of guanidine groups is 1. The third-order valence-electron chi connectivity index (χ3n) is 6.30. The van der Waals surface area contributed by atoms with Crippen LogP contribution in [0.3, 0.4) is 0 Å². The normalized spacial score (nSPS) is 34.0. The Labute approximate surface area is 145 Å². The SMILES string of the molecule is CN=C(NC1CCc2ccccc2C1)NC1C2CCOC2C1(C)C. The number of hydrogen-bond donors (Lipinski definition) is 2. The van der Waals surface area contributed by atoms with E-state index in [0.29, 0.717) is 24.1 Å². The Kier molecular flexibility index (Phi) is 4.03. The number of nitrogens with zero attached hydrogens (tertiary/aromatic N) is 1. The fourth-order valence-corrected chi connectivity index (χ4v) is 4.95. The van der Waals surface area contributed by atoms with Gasteiger partial charge in [0.05, 0.1) is 6.10 Å². The molecule has 2 aliphatic carbocycles. The van der Waals surface area contributed by atoms with Gasteiger partial charge in [0.2, 0.25) is 0 Å². The van der Waals surface area contributed by atoms with Crippen LogP contribution in [0.2, 0.25) is 0 Å². The monoisotopic (exact) mass is 327 g/mol. The summed E-state index contributed by atoms with van der Waals surface area (Å²) in [5, 5.41) is 7.36. The summed E-state index contributed by atoms with van der Waals surface area (Å²) in [6, 6.07) is 9.72. The molecule has 1 heterocycles. The van der Waals surface area contributed by atoms with Gasteiger partial charge in [-0.3, -0.25) is 4.99 Å². The molecule has 4 nitrogen and oxygen atoms in total. The Hall–Kier alpha value is -1.55. The number of ether oxygens (including phenoxy) is 1. The highest BCUT2D eigenvalue weighted by molar-refractivity contribution is 5.80. The van der Waals surface area contributed by atoms with Gasteiger partial charge in [0, 0.05) is 37.1 Å². The maximum atomic E-state index is 5.90. The van der Waals surface area contributed by atoms with Gasteiger partial charge in [-0.1, -0.05) is 38.1 Å². The minimum Gasteiger partial charge on any atom is -0.377 e. The van der Waals surface area contributed by atoms with Gasteiger partial charge < -0.3 is 15.4 Å². The summed E-state index contributed by atoms with van der Waals surface area (Å²) in [7, 11) is 1.88. The lowest BCUT2D eigenvalue weighted by molar-refractivity contribution is -0.106. The van der Waals surface area contributed by atoms with Gasteiger partial charge in [0.25, 0.3) is 0 Å². The Bertz CT molecular complexity index is 640. The van der Waals surface area contributed by atoms with Gasteiger partial charge in [-0.25, -0.2) is 0 Å². The Balaban J connectivity index is 1.39. The second kappa shape index (κ2) is 6.07. The second-order valence-electron chi connectivity index (χ2n) is 8.11. The van der Waals surface area contributed by atoms with Crippen molar-refractivity contribution in [1.29, 1.82) is 0 Å². The molecule has 1 saturated carbocycles. The minimum atomic E-state index is 0.179. The van der Waals surface area contributed by atoms with Crippen molar-refractivity contribution in [3.8, 4) is 0 Å². The maximum absolute atomic E-state index is 5.90. The zero-order valence-corrected chi connectivity index (χ0v) is 15.0. The van der Waals surface area contributed by atoms with E-state index in [2.05, 4.69) is 53.7 Å². The van der Waals surface area contributed by atoms with Crippen LogP contribution in [0.1, 0.15) is 37.8 Å². The topological polar surface area (TPSA) is 45.7 Å². The van der Waals surface area contributed by atoms with Gasteiger partial charge in [0.1, 0.15) is 0 Å². The molecule has 2 fully saturated rings. The van der Waals surface area contributed by atoms with Gasteiger partial charge in [0.15, 0.2) is 5.96 Å². The molecular formula is C20H29N3O. The van der Waals surface area contributed by atoms with Crippen molar-refractivity contribution >= 4 is 5.96 Å². The number of nitrogens with one attached hydrogen (secondary N) is 2. The summed E-state index contributed by atoms with van der Waals surface area (Å²) in [5.41, 5.74) is 3.16. The van der Waals surface area contributed by atoms with Crippen molar-refractivity contribution in [3.05, 3.63) is 35.4 Å². The van der Waals surface area contributed by atoms with E-state index in [1.807, 2.05) is 7.05 Å². The van der Waals surface area contributed by atoms with Crippen molar-refractivity contribution in [2.45, 2.75) is 57.7 Å². The molecule has 4 rings (SSSR count). The molecule has 1 aromatic rings. The van der Waals surface area contributed by atoms with Crippen LogP contribution in [0.4, 0.5) is 0 Å². The predicted octanol–water partition coefficient (Wildman–Crippen LogP) is 2.52. The maximum Gasteiger partial charge on any atom is 0.191 e. The lowest BCUT2D eigenvalue weighted by Crippen LogP contribution is -2.68. The van der Waals surface area contributed by atoms with Crippen LogP contribution in [-0.2, 0) is 17.6 Å². The number of benzene rings is 1. The number of aliphatic imine (C=N–C) groups is 1. The van der Waals surface area contributed by atoms with E-state index >= 15 is 0 Å². The molecule has 24 heavy (non-hydrogen) atoms. The molecular weight excluding hydrogens is 298 g/mol. The van der Waals surface area contributed by atoms with Crippen molar-refractivity contribution < 1.29 is 4.74 Å². The van der Waals surface area contributed by atoms with Gasteiger partial charge >= 0.3 is 0 Å². The molecule has 2 N–H and O–H groups in total. The molecule has 0 spiro atoms. The lowest BCUT2D eigenvalue weighted by atomic mass is 9.57. The van der Waals surface area contributed by atoms with E-state index in [1.165, 1.54) is 24.0 Å². The van der Waals surface area contributed by atoms with E-state index in [9.17, 15) is 0 Å². The van der Waals surface area contributed by atoms with Crippen LogP contribution in [0.15, 0.2) is 29.3 Å². The molecule has 1 aliphatic heterocycles. The molecule has 1 aromatic carbocycles. The summed E-state index contributed by atoms with van der Waals surface area (Å²) in [6.07, 6.45) is 4.98. The molecule has 4 atom stereocenters. The molecule has 0 bridgehead atoms. The van der Waals surface area contributed by atoms with E-state index in [0.717, 1.165) is 25.4 Å². The molecule has 0 amide bonds. The van der Waals surface area contributed by atoms with Crippen molar-refractivity contribution in [2.24, 2.45) is 16.3 Å². The van der Waals surface area contributed by atoms with Crippen LogP contribution in [-0.4, -0.2) is 37.8 Å². The van der Waals surface area contributed by atoms with Crippen LogP contribution < -0.4 is 10.6 Å². The first-order chi connectivity index (χ1) is 11.6. The molecule has 0 aromatic heterocycles. The van der Waals surface area contributed by atoms with Crippen molar-refractivity contribution in [2.75, 3.05) is 13.7 Å². The average Bonchev–Trinajstić information content (AvgIpc) is 3.05. The van der Waals surface area contributed by atoms with E-state index in [4.69, 9.17) is 4.74 Å². The standard InChI is InChI=1S/C20H29N3O/c1-20(2)17(16-10-11-24-18(16)20)23-19(21-3)22-15-9-8-13-6-4-5-7-14(13)12-15/h4-7,15-18H,8-12H2,1-3H3,(H2,21,22,23). The molecule has 1 saturated heterocycles. The third kappa shape index (κ3) is 2.61. The van der Waals surface area contributed by atoms with Gasteiger partial charge in [-0.2, -0.15) is 0 Å². The number of aryl methyl sites for hydroxylation is 1. The molecule has 4 heteroatoms. The second-order valence-corrected chi connectivity index (χ2v) is 8.11. The highest BCUT2D eigenvalue weighted by Gasteiger charge is 2.59. The summed E-state index contributed by atoms with van der Waals surface area (Å²) in [4.78, 5) is 4.49. The number of fused-ring (bicyclic) bond motifs is 2. The van der Waals surface area contributed by atoms with Crippen LogP contribution >= 0.6 is 0 Å². The van der Waals surface area contributed by atoms with Crippen molar-refractivity contribution in [3.63, 3.8) is 0 Å². The average molecular weight is 327 g/mol. The fourth-order valence-electron chi connectivity index (χ4n) is 4.95. The van der Waals surface area contributed by atoms with Crippen LogP contribution in [0.5, 0.6) is 0 Å². The highest BCUT2D eigenvalue weighted by atomic mass is 16.5. The Morgan fingerprint density at radius 3 is 2.75 bits per heavy atom. The zero-order valence-electron chi connectivity index (χ0n) is 15.0. The summed E-state index contributed by atoms with van der Waals surface area (Å²) in [6.45, 7) is 5.52. The minimum absolute atomic E-state index is 0.179.